The smallest absolute Gasteiger partial charge is 0.123 e. The zero-order valence-electron chi connectivity index (χ0n) is 13.2. The van der Waals surface area contributed by atoms with E-state index in [1.807, 2.05) is 19.1 Å². The Morgan fingerprint density at radius 2 is 1.85 bits per heavy atom. The lowest BCUT2D eigenvalue weighted by Crippen LogP contribution is -2.38. The summed E-state index contributed by atoms with van der Waals surface area (Å²) in [5.74, 6) is 0.223. The van der Waals surface area contributed by atoms with Gasteiger partial charge in [0.25, 0.3) is 0 Å². The molecule has 0 aliphatic heterocycles. The fourth-order valence-corrected chi connectivity index (χ4v) is 2.13. The van der Waals surface area contributed by atoms with Crippen LogP contribution in [-0.2, 0) is 4.74 Å². The van der Waals surface area contributed by atoms with E-state index in [0.717, 1.165) is 32.6 Å². The normalized spacial score (nSPS) is 13.4. The number of rotatable bonds is 8. The molecule has 0 heterocycles. The molecule has 0 spiro atoms. The van der Waals surface area contributed by atoms with E-state index in [1.165, 1.54) is 5.56 Å². The maximum atomic E-state index is 13.0. The molecule has 1 N–H and O–H groups in total. The largest absolute Gasteiger partial charge is 0.382 e. The maximum Gasteiger partial charge on any atom is 0.123 e. The first kappa shape index (κ1) is 17.1. The van der Waals surface area contributed by atoms with Crippen LogP contribution < -0.4 is 5.32 Å². The van der Waals surface area contributed by atoms with Gasteiger partial charge >= 0.3 is 0 Å². The molecule has 3 heteroatoms. The van der Waals surface area contributed by atoms with Gasteiger partial charge in [-0.1, -0.05) is 12.1 Å². The van der Waals surface area contributed by atoms with Gasteiger partial charge in [0.2, 0.25) is 0 Å². The van der Waals surface area contributed by atoms with Crippen LogP contribution in [0.15, 0.2) is 24.3 Å². The third kappa shape index (κ3) is 7.01. The van der Waals surface area contributed by atoms with Gasteiger partial charge < -0.3 is 10.1 Å². The SMILES string of the molecule is CCOCCCC(CNC(C)(C)C)c1ccc(F)cc1. The molecule has 2 nitrogen and oxygen atoms in total. The van der Waals surface area contributed by atoms with Crippen LogP contribution in [-0.4, -0.2) is 25.3 Å². The van der Waals surface area contributed by atoms with Crippen molar-refractivity contribution in [2.75, 3.05) is 19.8 Å². The zero-order valence-corrected chi connectivity index (χ0v) is 13.2. The van der Waals surface area contributed by atoms with E-state index in [4.69, 9.17) is 4.74 Å². The minimum absolute atomic E-state index is 0.0954. The van der Waals surface area contributed by atoms with Gasteiger partial charge in [-0.3, -0.25) is 0 Å². The zero-order chi connectivity index (χ0) is 15.0. The number of ether oxygens (including phenoxy) is 1. The van der Waals surface area contributed by atoms with Crippen molar-refractivity contribution in [3.05, 3.63) is 35.6 Å². The van der Waals surface area contributed by atoms with Crippen LogP contribution in [0.25, 0.3) is 0 Å². The van der Waals surface area contributed by atoms with Crippen molar-refractivity contribution in [3.8, 4) is 0 Å². The Morgan fingerprint density at radius 3 is 2.40 bits per heavy atom. The van der Waals surface area contributed by atoms with Gasteiger partial charge in [0.15, 0.2) is 0 Å². The first-order chi connectivity index (χ1) is 9.42. The predicted molar refractivity (Wildman–Crippen MR) is 82.6 cm³/mol. The molecule has 1 aromatic rings. The molecule has 1 rings (SSSR count). The highest BCUT2D eigenvalue weighted by atomic mass is 19.1. The Kier molecular flexibility index (Phi) is 7.17. The molecule has 1 aromatic carbocycles. The van der Waals surface area contributed by atoms with Crippen molar-refractivity contribution in [2.24, 2.45) is 0 Å². The number of halogens is 1. The minimum atomic E-state index is -0.175. The molecule has 20 heavy (non-hydrogen) atoms. The molecular formula is C17H28FNO. The summed E-state index contributed by atoms with van der Waals surface area (Å²) < 4.78 is 18.4. The van der Waals surface area contributed by atoms with Crippen LogP contribution in [0, 0.1) is 5.82 Å². The second-order valence-electron chi connectivity index (χ2n) is 6.22. The maximum absolute atomic E-state index is 13.0. The van der Waals surface area contributed by atoms with E-state index in [-0.39, 0.29) is 11.4 Å². The highest BCUT2D eigenvalue weighted by molar-refractivity contribution is 5.21. The highest BCUT2D eigenvalue weighted by Gasteiger charge is 2.16. The predicted octanol–water partition coefficient (Wildman–Crippen LogP) is 4.11. The molecule has 114 valence electrons. The average molecular weight is 281 g/mol. The summed E-state index contributed by atoms with van der Waals surface area (Å²) >= 11 is 0. The summed E-state index contributed by atoms with van der Waals surface area (Å²) in [4.78, 5) is 0. The fraction of sp³-hybridized carbons (Fsp3) is 0.647. The summed E-state index contributed by atoms with van der Waals surface area (Å²) in [5, 5.41) is 3.54. The number of hydrogen-bond donors (Lipinski definition) is 1. The molecule has 0 saturated heterocycles. The standard InChI is InChI=1S/C17H28FNO/c1-5-20-12-6-7-15(13-19-17(2,3)4)14-8-10-16(18)11-9-14/h8-11,15,19H,5-7,12-13H2,1-4H3. The van der Waals surface area contributed by atoms with Crippen LogP contribution >= 0.6 is 0 Å². The van der Waals surface area contributed by atoms with Crippen molar-refractivity contribution in [1.82, 2.24) is 5.32 Å². The molecule has 0 saturated carbocycles. The lowest BCUT2D eigenvalue weighted by Gasteiger charge is -2.25. The molecule has 0 radical (unpaired) electrons. The lowest BCUT2D eigenvalue weighted by atomic mass is 9.93. The van der Waals surface area contributed by atoms with Crippen molar-refractivity contribution < 1.29 is 9.13 Å². The first-order valence-electron chi connectivity index (χ1n) is 7.50. The van der Waals surface area contributed by atoms with Crippen LogP contribution in [0.1, 0.15) is 52.0 Å². The second-order valence-corrected chi connectivity index (χ2v) is 6.22. The van der Waals surface area contributed by atoms with E-state index in [0.29, 0.717) is 5.92 Å². The molecule has 0 aliphatic rings. The third-order valence-corrected chi connectivity index (χ3v) is 3.27. The second kappa shape index (κ2) is 8.38. The van der Waals surface area contributed by atoms with Gasteiger partial charge in [-0.2, -0.15) is 0 Å². The summed E-state index contributed by atoms with van der Waals surface area (Å²) in [6.45, 7) is 11.0. The molecule has 1 atom stereocenters. The summed E-state index contributed by atoms with van der Waals surface area (Å²) in [7, 11) is 0. The van der Waals surface area contributed by atoms with Gasteiger partial charge in [0, 0.05) is 25.3 Å². The molecule has 0 fully saturated rings. The van der Waals surface area contributed by atoms with Crippen LogP contribution in [0.4, 0.5) is 4.39 Å². The minimum Gasteiger partial charge on any atom is -0.382 e. The monoisotopic (exact) mass is 281 g/mol. The van der Waals surface area contributed by atoms with E-state index in [9.17, 15) is 4.39 Å². The highest BCUT2D eigenvalue weighted by Crippen LogP contribution is 2.22. The molecule has 0 bridgehead atoms. The molecule has 0 aliphatic carbocycles. The van der Waals surface area contributed by atoms with Crippen molar-refractivity contribution in [1.29, 1.82) is 0 Å². The molecule has 1 unspecified atom stereocenters. The van der Waals surface area contributed by atoms with Crippen molar-refractivity contribution in [2.45, 2.75) is 52.0 Å². The van der Waals surface area contributed by atoms with Gasteiger partial charge in [-0.05, 0) is 64.2 Å². The topological polar surface area (TPSA) is 21.3 Å². The summed E-state index contributed by atoms with van der Waals surface area (Å²) in [6, 6.07) is 6.87. The van der Waals surface area contributed by atoms with Crippen molar-refractivity contribution >= 4 is 0 Å². The number of benzene rings is 1. The lowest BCUT2D eigenvalue weighted by molar-refractivity contribution is 0.141. The van der Waals surface area contributed by atoms with Gasteiger partial charge in [-0.25, -0.2) is 4.39 Å². The quantitative estimate of drug-likeness (QED) is 0.724. The molecule has 0 amide bonds. The van der Waals surface area contributed by atoms with Gasteiger partial charge in [-0.15, -0.1) is 0 Å². The summed E-state index contributed by atoms with van der Waals surface area (Å²) in [6.07, 6.45) is 2.08. The van der Waals surface area contributed by atoms with Crippen LogP contribution in [0.2, 0.25) is 0 Å². The van der Waals surface area contributed by atoms with Crippen LogP contribution in [0.5, 0.6) is 0 Å². The number of hydrogen-bond acceptors (Lipinski definition) is 2. The van der Waals surface area contributed by atoms with E-state index in [2.05, 4.69) is 26.1 Å². The van der Waals surface area contributed by atoms with Gasteiger partial charge in [0.05, 0.1) is 0 Å². The Labute approximate surface area is 122 Å². The molecule has 0 aromatic heterocycles. The Bertz CT molecular complexity index is 370. The third-order valence-electron chi connectivity index (χ3n) is 3.27. The van der Waals surface area contributed by atoms with Gasteiger partial charge in [0.1, 0.15) is 5.82 Å². The first-order valence-corrected chi connectivity index (χ1v) is 7.50. The van der Waals surface area contributed by atoms with Crippen molar-refractivity contribution in [3.63, 3.8) is 0 Å². The van der Waals surface area contributed by atoms with E-state index in [1.54, 1.807) is 12.1 Å². The fourth-order valence-electron chi connectivity index (χ4n) is 2.13. The summed E-state index contributed by atoms with van der Waals surface area (Å²) in [5.41, 5.74) is 1.29. The average Bonchev–Trinajstić information content (AvgIpc) is 2.38. The Morgan fingerprint density at radius 1 is 1.20 bits per heavy atom. The Balaban J connectivity index is 2.60. The number of nitrogens with one attached hydrogen (secondary N) is 1. The van der Waals surface area contributed by atoms with E-state index < -0.39 is 0 Å². The Hall–Kier alpha value is -0.930. The van der Waals surface area contributed by atoms with E-state index >= 15 is 0 Å². The molecular weight excluding hydrogens is 253 g/mol. The van der Waals surface area contributed by atoms with Crippen LogP contribution in [0.3, 0.4) is 0 Å².